The lowest BCUT2D eigenvalue weighted by Crippen LogP contribution is -2.21. The highest BCUT2D eigenvalue weighted by Crippen LogP contribution is 2.29. The normalized spacial score (nSPS) is 20.9. The second kappa shape index (κ2) is 5.33. The molecular formula is C14H22N4OS. The van der Waals surface area contributed by atoms with Crippen LogP contribution in [0, 0.1) is 4.77 Å². The molecule has 2 unspecified atom stereocenters. The fourth-order valence-electron chi connectivity index (χ4n) is 3.18. The third-order valence-electron chi connectivity index (χ3n) is 4.17. The van der Waals surface area contributed by atoms with E-state index in [0.29, 0.717) is 0 Å². The molecule has 1 N–H and O–H groups in total. The van der Waals surface area contributed by atoms with Crippen molar-refractivity contribution in [2.45, 2.75) is 51.7 Å². The molecule has 0 saturated carbocycles. The van der Waals surface area contributed by atoms with Gasteiger partial charge in [-0.1, -0.05) is 13.3 Å². The molecule has 110 valence electrons. The smallest absolute Gasteiger partial charge is 0.179 e. The van der Waals surface area contributed by atoms with Gasteiger partial charge in [-0.25, -0.2) is 0 Å². The van der Waals surface area contributed by atoms with Crippen molar-refractivity contribution >= 4 is 23.4 Å². The van der Waals surface area contributed by atoms with Crippen molar-refractivity contribution in [1.29, 1.82) is 0 Å². The van der Waals surface area contributed by atoms with Gasteiger partial charge in [0, 0.05) is 13.7 Å². The first-order valence-electron chi connectivity index (χ1n) is 7.41. The Kier molecular flexibility index (Phi) is 3.69. The van der Waals surface area contributed by atoms with Crippen LogP contribution in [-0.2, 0) is 18.2 Å². The van der Waals surface area contributed by atoms with Crippen LogP contribution in [0.25, 0.3) is 11.2 Å². The van der Waals surface area contributed by atoms with E-state index in [2.05, 4.69) is 28.5 Å². The summed E-state index contributed by atoms with van der Waals surface area (Å²) in [7, 11) is 1.99. The van der Waals surface area contributed by atoms with Gasteiger partial charge in [0.25, 0.3) is 0 Å². The maximum absolute atomic E-state index is 5.83. The number of ether oxygens (including phenoxy) is 1. The number of fused-ring (bicyclic) bond motifs is 1. The number of rotatable bonds is 4. The number of aryl methyl sites for hydroxylation is 2. The van der Waals surface area contributed by atoms with E-state index in [9.17, 15) is 0 Å². The molecule has 1 saturated heterocycles. The molecule has 2 atom stereocenters. The lowest BCUT2D eigenvalue weighted by atomic mass is 10.1. The number of aromatic nitrogens is 4. The lowest BCUT2D eigenvalue weighted by molar-refractivity contribution is 0.0737. The van der Waals surface area contributed by atoms with Crippen molar-refractivity contribution in [2.75, 3.05) is 6.61 Å². The van der Waals surface area contributed by atoms with Gasteiger partial charge in [0.05, 0.1) is 17.8 Å². The first-order valence-corrected chi connectivity index (χ1v) is 7.82. The summed E-state index contributed by atoms with van der Waals surface area (Å²) in [5.74, 6) is 0. The van der Waals surface area contributed by atoms with Gasteiger partial charge in [0.1, 0.15) is 5.52 Å². The molecule has 0 aliphatic carbocycles. The standard InChI is InChI=1S/C14H22N4OS/c1-4-6-10-12-13(17(3)16-10)18(14(20)15-12)9(2)11-7-5-8-19-11/h9,11H,4-8H2,1-3H3,(H,15,20). The quantitative estimate of drug-likeness (QED) is 0.881. The van der Waals surface area contributed by atoms with Crippen molar-refractivity contribution in [3.8, 4) is 0 Å². The molecule has 1 aliphatic rings. The molecule has 0 bridgehead atoms. The van der Waals surface area contributed by atoms with Crippen LogP contribution in [0.15, 0.2) is 0 Å². The van der Waals surface area contributed by atoms with Crippen LogP contribution >= 0.6 is 12.2 Å². The van der Waals surface area contributed by atoms with Gasteiger partial charge >= 0.3 is 0 Å². The average Bonchev–Trinajstić information content (AvgIpc) is 3.09. The average molecular weight is 294 g/mol. The molecule has 3 heterocycles. The van der Waals surface area contributed by atoms with Gasteiger partial charge in [-0.15, -0.1) is 0 Å². The maximum atomic E-state index is 5.83. The van der Waals surface area contributed by atoms with Gasteiger partial charge in [-0.05, 0) is 38.4 Å². The second-order valence-corrected chi connectivity index (χ2v) is 6.00. The summed E-state index contributed by atoms with van der Waals surface area (Å²) in [5.41, 5.74) is 3.28. The van der Waals surface area contributed by atoms with E-state index in [0.717, 1.165) is 53.9 Å². The van der Waals surface area contributed by atoms with Crippen LogP contribution in [0.5, 0.6) is 0 Å². The zero-order valence-corrected chi connectivity index (χ0v) is 13.2. The van der Waals surface area contributed by atoms with Gasteiger partial charge in [-0.2, -0.15) is 5.10 Å². The Hall–Kier alpha value is -1.14. The molecule has 2 aromatic heterocycles. The van der Waals surface area contributed by atoms with Gasteiger partial charge < -0.3 is 9.72 Å². The highest BCUT2D eigenvalue weighted by atomic mass is 32.1. The fourth-order valence-corrected chi connectivity index (χ4v) is 3.53. The monoisotopic (exact) mass is 294 g/mol. The van der Waals surface area contributed by atoms with Crippen LogP contribution in [0.1, 0.15) is 44.8 Å². The molecule has 0 aromatic carbocycles. The van der Waals surface area contributed by atoms with Crippen molar-refractivity contribution in [2.24, 2.45) is 7.05 Å². The Bertz CT molecular complexity index is 663. The number of nitrogens with zero attached hydrogens (tertiary/aromatic N) is 3. The van der Waals surface area contributed by atoms with E-state index >= 15 is 0 Å². The summed E-state index contributed by atoms with van der Waals surface area (Å²) in [6, 6.07) is 0.239. The van der Waals surface area contributed by atoms with Crippen LogP contribution in [0.2, 0.25) is 0 Å². The molecule has 3 rings (SSSR count). The number of nitrogens with one attached hydrogen (secondary N) is 1. The highest BCUT2D eigenvalue weighted by Gasteiger charge is 2.27. The zero-order chi connectivity index (χ0) is 14.3. The van der Waals surface area contributed by atoms with E-state index in [1.54, 1.807) is 0 Å². The number of H-pyrrole nitrogens is 1. The summed E-state index contributed by atoms with van der Waals surface area (Å²) in [4.78, 5) is 3.34. The molecule has 20 heavy (non-hydrogen) atoms. The molecule has 1 fully saturated rings. The Morgan fingerprint density at radius 1 is 1.55 bits per heavy atom. The number of aromatic amines is 1. The minimum absolute atomic E-state index is 0.239. The van der Waals surface area contributed by atoms with Crippen molar-refractivity contribution in [3.63, 3.8) is 0 Å². The summed E-state index contributed by atoms with van der Waals surface area (Å²) >= 11 is 5.53. The molecule has 6 heteroatoms. The van der Waals surface area contributed by atoms with Crippen LogP contribution in [0.3, 0.4) is 0 Å². The number of imidazole rings is 1. The highest BCUT2D eigenvalue weighted by molar-refractivity contribution is 7.71. The van der Waals surface area contributed by atoms with Crippen LogP contribution in [-0.4, -0.2) is 32.0 Å². The van der Waals surface area contributed by atoms with E-state index < -0.39 is 0 Å². The second-order valence-electron chi connectivity index (χ2n) is 5.61. The van der Waals surface area contributed by atoms with Crippen molar-refractivity contribution < 1.29 is 4.74 Å². The minimum atomic E-state index is 0.239. The predicted octanol–water partition coefficient (Wildman–Crippen LogP) is 3.12. The molecule has 0 amide bonds. The SMILES string of the molecule is CCCc1nn(C)c2c1[nH]c(=S)n2C(C)C1CCCO1. The zero-order valence-electron chi connectivity index (χ0n) is 12.3. The number of hydrogen-bond donors (Lipinski definition) is 1. The Morgan fingerprint density at radius 2 is 2.35 bits per heavy atom. The lowest BCUT2D eigenvalue weighted by Gasteiger charge is -2.20. The van der Waals surface area contributed by atoms with Crippen molar-refractivity contribution in [3.05, 3.63) is 10.5 Å². The van der Waals surface area contributed by atoms with Gasteiger partial charge in [-0.3, -0.25) is 9.25 Å². The molecule has 1 aliphatic heterocycles. The minimum Gasteiger partial charge on any atom is -0.376 e. The Balaban J connectivity index is 2.10. The summed E-state index contributed by atoms with van der Waals surface area (Å²) < 4.78 is 10.7. The molecule has 0 spiro atoms. The fraction of sp³-hybridized carbons (Fsp3) is 0.714. The number of hydrogen-bond acceptors (Lipinski definition) is 3. The molecular weight excluding hydrogens is 272 g/mol. The third kappa shape index (κ3) is 2.11. The van der Waals surface area contributed by atoms with E-state index in [1.807, 2.05) is 11.7 Å². The summed E-state index contributed by atoms with van der Waals surface area (Å²) in [5, 5.41) is 4.63. The van der Waals surface area contributed by atoms with Crippen LogP contribution in [0.4, 0.5) is 0 Å². The maximum Gasteiger partial charge on any atom is 0.179 e. The Labute approximate surface area is 123 Å². The first-order chi connectivity index (χ1) is 9.63. The van der Waals surface area contributed by atoms with Gasteiger partial charge in [0.2, 0.25) is 0 Å². The predicted molar refractivity (Wildman–Crippen MR) is 81.6 cm³/mol. The first kappa shape index (κ1) is 13.8. The largest absolute Gasteiger partial charge is 0.376 e. The summed E-state index contributed by atoms with van der Waals surface area (Å²) in [6.07, 6.45) is 4.56. The van der Waals surface area contributed by atoms with E-state index in [1.165, 1.54) is 0 Å². The van der Waals surface area contributed by atoms with Crippen molar-refractivity contribution in [1.82, 2.24) is 19.3 Å². The molecule has 2 aromatic rings. The van der Waals surface area contributed by atoms with Gasteiger partial charge in [0.15, 0.2) is 10.4 Å². The molecule has 0 radical (unpaired) electrons. The molecule has 5 nitrogen and oxygen atoms in total. The summed E-state index contributed by atoms with van der Waals surface area (Å²) in [6.45, 7) is 5.22. The van der Waals surface area contributed by atoms with E-state index in [-0.39, 0.29) is 12.1 Å². The Morgan fingerprint density at radius 3 is 3.00 bits per heavy atom. The van der Waals surface area contributed by atoms with Crippen LogP contribution < -0.4 is 0 Å². The van der Waals surface area contributed by atoms with E-state index in [4.69, 9.17) is 17.0 Å². The third-order valence-corrected chi connectivity index (χ3v) is 4.46. The topological polar surface area (TPSA) is 47.8 Å².